The average molecular weight is 466 g/mol. The number of para-hydroxylation sites is 1. The van der Waals surface area contributed by atoms with Crippen molar-refractivity contribution in [3.8, 4) is 0 Å². The van der Waals surface area contributed by atoms with E-state index in [0.717, 1.165) is 15.8 Å². The number of sulfonamides is 1. The molecule has 0 aliphatic heterocycles. The molecule has 0 saturated carbocycles. The lowest BCUT2D eigenvalue weighted by Gasteiger charge is -2.22. The Balaban J connectivity index is 1.55. The number of benzene rings is 3. The summed E-state index contributed by atoms with van der Waals surface area (Å²) in [6, 6.07) is 19.0. The number of hydrogen-bond acceptors (Lipinski definition) is 5. The molecule has 1 aromatic heterocycles. The number of aromatic nitrogens is 1. The number of fused-ring (bicyclic) bond motifs is 1. The Bertz CT molecular complexity index is 1340. The third-order valence-electron chi connectivity index (χ3n) is 5.26. The molecule has 32 heavy (non-hydrogen) atoms. The molecule has 0 radical (unpaired) electrons. The zero-order valence-corrected chi connectivity index (χ0v) is 19.6. The SMILES string of the molecule is CCN(c1ccccc1)S(=O)(=O)c1ccc(C(=O)Nc2nc3cc(C)c(C)cc3s2)cc1. The van der Waals surface area contributed by atoms with Crippen molar-refractivity contribution in [3.63, 3.8) is 0 Å². The maximum absolute atomic E-state index is 13.1. The minimum absolute atomic E-state index is 0.130. The molecule has 1 heterocycles. The second-order valence-electron chi connectivity index (χ2n) is 7.41. The van der Waals surface area contributed by atoms with Gasteiger partial charge < -0.3 is 0 Å². The average Bonchev–Trinajstić information content (AvgIpc) is 3.16. The third kappa shape index (κ3) is 4.24. The summed E-state index contributed by atoms with van der Waals surface area (Å²) >= 11 is 1.41. The molecular formula is C24H23N3O3S2. The van der Waals surface area contributed by atoms with Gasteiger partial charge in [0.2, 0.25) is 0 Å². The Morgan fingerprint density at radius 2 is 1.66 bits per heavy atom. The van der Waals surface area contributed by atoms with Crippen molar-refractivity contribution in [2.45, 2.75) is 25.7 Å². The Kier molecular flexibility index (Phi) is 5.99. The van der Waals surface area contributed by atoms with Gasteiger partial charge >= 0.3 is 0 Å². The Morgan fingerprint density at radius 1 is 1.00 bits per heavy atom. The summed E-state index contributed by atoms with van der Waals surface area (Å²) in [6.07, 6.45) is 0. The minimum Gasteiger partial charge on any atom is -0.298 e. The molecule has 0 aliphatic rings. The summed E-state index contributed by atoms with van der Waals surface area (Å²) in [5, 5.41) is 3.32. The summed E-state index contributed by atoms with van der Waals surface area (Å²) in [6.45, 7) is 6.15. The van der Waals surface area contributed by atoms with E-state index in [1.807, 2.05) is 26.0 Å². The third-order valence-corrected chi connectivity index (χ3v) is 8.11. The molecule has 4 rings (SSSR count). The molecule has 1 N–H and O–H groups in total. The number of thiazole rings is 1. The van der Waals surface area contributed by atoms with Gasteiger partial charge in [-0.3, -0.25) is 14.4 Å². The fourth-order valence-corrected chi connectivity index (χ4v) is 5.81. The van der Waals surface area contributed by atoms with E-state index >= 15 is 0 Å². The van der Waals surface area contributed by atoms with Crippen LogP contribution in [0.25, 0.3) is 10.2 Å². The van der Waals surface area contributed by atoms with Crippen LogP contribution < -0.4 is 9.62 Å². The fraction of sp³-hybridized carbons (Fsp3) is 0.167. The predicted molar refractivity (Wildman–Crippen MR) is 130 cm³/mol. The molecule has 0 spiro atoms. The van der Waals surface area contributed by atoms with Crippen molar-refractivity contribution in [2.75, 3.05) is 16.2 Å². The van der Waals surface area contributed by atoms with E-state index in [4.69, 9.17) is 0 Å². The molecule has 3 aromatic carbocycles. The highest BCUT2D eigenvalue weighted by atomic mass is 32.2. The fourth-order valence-electron chi connectivity index (χ4n) is 3.39. The zero-order chi connectivity index (χ0) is 22.9. The first-order chi connectivity index (χ1) is 15.3. The van der Waals surface area contributed by atoms with Crippen LogP contribution in [0.3, 0.4) is 0 Å². The number of rotatable bonds is 6. The maximum Gasteiger partial charge on any atom is 0.264 e. The number of nitrogens with zero attached hydrogens (tertiary/aromatic N) is 2. The Morgan fingerprint density at radius 3 is 2.31 bits per heavy atom. The van der Waals surface area contributed by atoms with Crippen LogP contribution in [-0.2, 0) is 10.0 Å². The molecule has 8 heteroatoms. The summed E-state index contributed by atoms with van der Waals surface area (Å²) in [4.78, 5) is 17.3. The van der Waals surface area contributed by atoms with E-state index in [-0.39, 0.29) is 10.8 Å². The van der Waals surface area contributed by atoms with Crippen molar-refractivity contribution < 1.29 is 13.2 Å². The molecule has 0 aliphatic carbocycles. The van der Waals surface area contributed by atoms with Gasteiger partial charge in [0, 0.05) is 12.1 Å². The highest BCUT2D eigenvalue weighted by molar-refractivity contribution is 7.92. The van der Waals surface area contributed by atoms with Crippen molar-refractivity contribution in [2.24, 2.45) is 0 Å². The lowest BCUT2D eigenvalue weighted by molar-refractivity contribution is 0.102. The molecule has 4 aromatic rings. The number of carbonyl (C=O) groups excluding carboxylic acids is 1. The lowest BCUT2D eigenvalue weighted by Crippen LogP contribution is -2.30. The molecule has 1 amide bonds. The van der Waals surface area contributed by atoms with Crippen LogP contribution in [0.2, 0.25) is 0 Å². The normalized spacial score (nSPS) is 11.5. The topological polar surface area (TPSA) is 79.4 Å². The maximum atomic E-state index is 13.1. The summed E-state index contributed by atoms with van der Waals surface area (Å²) in [7, 11) is -3.74. The van der Waals surface area contributed by atoms with Gasteiger partial charge in [-0.2, -0.15) is 0 Å². The number of hydrogen-bond donors (Lipinski definition) is 1. The second kappa shape index (κ2) is 8.72. The molecule has 0 saturated heterocycles. The highest BCUT2D eigenvalue weighted by Gasteiger charge is 2.23. The van der Waals surface area contributed by atoms with Crippen LogP contribution >= 0.6 is 11.3 Å². The van der Waals surface area contributed by atoms with Crippen LogP contribution in [0.4, 0.5) is 10.8 Å². The van der Waals surface area contributed by atoms with Gasteiger partial charge in [-0.1, -0.05) is 29.5 Å². The smallest absolute Gasteiger partial charge is 0.264 e. The monoisotopic (exact) mass is 465 g/mol. The van der Waals surface area contributed by atoms with E-state index in [0.29, 0.717) is 22.9 Å². The molecule has 0 fully saturated rings. The first-order valence-electron chi connectivity index (χ1n) is 10.2. The summed E-state index contributed by atoms with van der Waals surface area (Å²) in [5.41, 5.74) is 4.12. The van der Waals surface area contributed by atoms with Gasteiger partial charge in [0.05, 0.1) is 20.8 Å². The molecule has 0 unspecified atom stereocenters. The van der Waals surface area contributed by atoms with Gasteiger partial charge in [0.1, 0.15) is 0 Å². The van der Waals surface area contributed by atoms with E-state index in [9.17, 15) is 13.2 Å². The quantitative estimate of drug-likeness (QED) is 0.415. The van der Waals surface area contributed by atoms with Crippen LogP contribution in [0.5, 0.6) is 0 Å². The number of aryl methyl sites for hydroxylation is 2. The van der Waals surface area contributed by atoms with Crippen LogP contribution in [0.15, 0.2) is 71.6 Å². The van der Waals surface area contributed by atoms with Crippen molar-refractivity contribution in [3.05, 3.63) is 83.4 Å². The van der Waals surface area contributed by atoms with Gasteiger partial charge in [0.15, 0.2) is 5.13 Å². The standard InChI is InChI=1S/C24H23N3O3S2/c1-4-27(19-8-6-5-7-9-19)32(29,30)20-12-10-18(11-13-20)23(28)26-24-25-21-14-16(2)17(3)15-22(21)31-24/h5-15H,4H2,1-3H3,(H,25,26,28). The molecule has 0 atom stereocenters. The number of anilines is 2. The van der Waals surface area contributed by atoms with Gasteiger partial charge in [0.25, 0.3) is 15.9 Å². The van der Waals surface area contributed by atoms with Gasteiger partial charge in [-0.15, -0.1) is 0 Å². The van der Waals surface area contributed by atoms with Crippen molar-refractivity contribution in [1.82, 2.24) is 4.98 Å². The van der Waals surface area contributed by atoms with Crippen LogP contribution in [0, 0.1) is 13.8 Å². The molecule has 164 valence electrons. The second-order valence-corrected chi connectivity index (χ2v) is 10.3. The highest BCUT2D eigenvalue weighted by Crippen LogP contribution is 2.29. The Labute approximate surface area is 191 Å². The molecule has 0 bridgehead atoms. The van der Waals surface area contributed by atoms with Crippen LogP contribution in [0.1, 0.15) is 28.4 Å². The van der Waals surface area contributed by atoms with E-state index in [1.54, 1.807) is 31.2 Å². The van der Waals surface area contributed by atoms with E-state index < -0.39 is 10.0 Å². The first-order valence-corrected chi connectivity index (χ1v) is 12.4. The Hall–Kier alpha value is -3.23. The van der Waals surface area contributed by atoms with Crippen molar-refractivity contribution >= 4 is 48.3 Å². The summed E-state index contributed by atoms with van der Waals surface area (Å²) < 4.78 is 28.6. The minimum atomic E-state index is -3.74. The van der Waals surface area contributed by atoms with Crippen molar-refractivity contribution in [1.29, 1.82) is 0 Å². The predicted octanol–water partition coefficient (Wildman–Crippen LogP) is 5.38. The van der Waals surface area contributed by atoms with Crippen LogP contribution in [-0.4, -0.2) is 25.9 Å². The van der Waals surface area contributed by atoms with Gasteiger partial charge in [-0.05, 0) is 80.4 Å². The molecular weight excluding hydrogens is 442 g/mol. The largest absolute Gasteiger partial charge is 0.298 e. The van der Waals surface area contributed by atoms with Gasteiger partial charge in [-0.25, -0.2) is 13.4 Å². The number of carbonyl (C=O) groups is 1. The number of amides is 1. The van der Waals surface area contributed by atoms with E-state index in [1.165, 1.54) is 45.5 Å². The molecule has 6 nitrogen and oxygen atoms in total. The first kappa shape index (κ1) is 22.0. The number of nitrogens with one attached hydrogen (secondary N) is 1. The van der Waals surface area contributed by atoms with E-state index in [2.05, 4.69) is 16.4 Å². The lowest BCUT2D eigenvalue weighted by atomic mass is 10.1. The zero-order valence-electron chi connectivity index (χ0n) is 18.0. The summed E-state index contributed by atoms with van der Waals surface area (Å²) in [5.74, 6) is -0.336.